The van der Waals surface area contributed by atoms with Crippen molar-refractivity contribution in [3.05, 3.63) is 42.5 Å². The molecule has 144 valence electrons. The van der Waals surface area contributed by atoms with E-state index in [2.05, 4.69) is 25.2 Å². The van der Waals surface area contributed by atoms with E-state index in [4.69, 9.17) is 5.11 Å². The number of pyridine rings is 1. The number of aromatic nitrogens is 3. The molecule has 0 unspecified atom stereocenters. The van der Waals surface area contributed by atoms with Gasteiger partial charge in [-0.2, -0.15) is 0 Å². The summed E-state index contributed by atoms with van der Waals surface area (Å²) in [5.41, 5.74) is 1.23. The zero-order valence-corrected chi connectivity index (χ0v) is 15.6. The van der Waals surface area contributed by atoms with Gasteiger partial charge in [0.15, 0.2) is 0 Å². The Hall–Kier alpha value is -2.90. The van der Waals surface area contributed by atoms with Gasteiger partial charge in [0.1, 0.15) is 18.0 Å². The van der Waals surface area contributed by atoms with E-state index >= 15 is 0 Å². The second-order valence-electron chi connectivity index (χ2n) is 6.89. The van der Waals surface area contributed by atoms with E-state index in [1.807, 2.05) is 25.2 Å². The van der Waals surface area contributed by atoms with Crippen LogP contribution in [0.3, 0.4) is 0 Å². The molecule has 0 saturated carbocycles. The monoisotopic (exact) mass is 370 g/mol. The van der Waals surface area contributed by atoms with Crippen LogP contribution in [0.5, 0.6) is 0 Å². The van der Waals surface area contributed by atoms with Gasteiger partial charge in [-0.15, -0.1) is 0 Å². The number of carbonyl (C=O) groups is 1. The Kier molecular flexibility index (Phi) is 6.40. The number of anilines is 2. The minimum Gasteiger partial charge on any atom is -0.465 e. The molecule has 27 heavy (non-hydrogen) atoms. The number of carboxylic acid groups (broad SMARTS) is 1. The molecule has 0 aliphatic carbocycles. The minimum absolute atomic E-state index is 0.476. The molecule has 0 spiro atoms. The Labute approximate surface area is 159 Å². The minimum atomic E-state index is -0.819. The van der Waals surface area contributed by atoms with Gasteiger partial charge < -0.3 is 20.2 Å². The average molecular weight is 370 g/mol. The van der Waals surface area contributed by atoms with Gasteiger partial charge in [0.05, 0.1) is 0 Å². The first kappa shape index (κ1) is 18.9. The Morgan fingerprint density at radius 1 is 1.30 bits per heavy atom. The van der Waals surface area contributed by atoms with Crippen molar-refractivity contribution >= 4 is 17.7 Å². The highest BCUT2D eigenvalue weighted by Crippen LogP contribution is 2.21. The van der Waals surface area contributed by atoms with Crippen molar-refractivity contribution in [2.45, 2.75) is 19.3 Å². The van der Waals surface area contributed by atoms with Crippen molar-refractivity contribution in [3.63, 3.8) is 0 Å². The molecule has 8 nitrogen and oxygen atoms in total. The van der Waals surface area contributed by atoms with Crippen molar-refractivity contribution in [1.29, 1.82) is 0 Å². The number of nitrogens with zero attached hydrogens (tertiary/aromatic N) is 5. The molecule has 0 radical (unpaired) electrons. The summed E-state index contributed by atoms with van der Waals surface area (Å²) in [7, 11) is 2.02. The summed E-state index contributed by atoms with van der Waals surface area (Å²) in [4.78, 5) is 27.3. The second kappa shape index (κ2) is 9.16. The van der Waals surface area contributed by atoms with E-state index < -0.39 is 6.09 Å². The maximum absolute atomic E-state index is 11.0. The Balaban J connectivity index is 1.48. The molecule has 0 atom stereocenters. The van der Waals surface area contributed by atoms with E-state index in [-0.39, 0.29) is 0 Å². The highest BCUT2D eigenvalue weighted by atomic mass is 16.4. The molecule has 1 saturated heterocycles. The molecule has 1 aliphatic heterocycles. The molecule has 2 aromatic heterocycles. The molecule has 0 aromatic carbocycles. The van der Waals surface area contributed by atoms with E-state index in [0.29, 0.717) is 19.0 Å². The normalized spacial score (nSPS) is 14.8. The number of nitrogens with one attached hydrogen (secondary N) is 1. The largest absolute Gasteiger partial charge is 0.465 e. The van der Waals surface area contributed by atoms with Crippen molar-refractivity contribution in [1.82, 2.24) is 19.9 Å². The average Bonchev–Trinajstić information content (AvgIpc) is 2.69. The van der Waals surface area contributed by atoms with E-state index in [1.165, 1.54) is 10.5 Å². The third kappa shape index (κ3) is 5.54. The zero-order chi connectivity index (χ0) is 19.1. The predicted molar refractivity (Wildman–Crippen MR) is 104 cm³/mol. The third-order valence-corrected chi connectivity index (χ3v) is 4.93. The van der Waals surface area contributed by atoms with Crippen LogP contribution >= 0.6 is 0 Å². The van der Waals surface area contributed by atoms with E-state index in [1.54, 1.807) is 18.7 Å². The summed E-state index contributed by atoms with van der Waals surface area (Å²) in [6.07, 6.45) is 7.03. The lowest BCUT2D eigenvalue weighted by Gasteiger charge is -2.32. The highest BCUT2D eigenvalue weighted by molar-refractivity contribution is 5.65. The molecule has 3 rings (SSSR count). The molecule has 0 bridgehead atoms. The highest BCUT2D eigenvalue weighted by Gasteiger charge is 2.23. The lowest BCUT2D eigenvalue weighted by atomic mass is 9.96. The van der Waals surface area contributed by atoms with Crippen molar-refractivity contribution < 1.29 is 9.90 Å². The summed E-state index contributed by atoms with van der Waals surface area (Å²) < 4.78 is 0. The summed E-state index contributed by atoms with van der Waals surface area (Å²) in [6.45, 7) is 2.87. The van der Waals surface area contributed by atoms with Crippen molar-refractivity contribution in [3.8, 4) is 0 Å². The smallest absolute Gasteiger partial charge is 0.407 e. The molecule has 8 heteroatoms. The predicted octanol–water partition coefficient (Wildman–Crippen LogP) is 2.35. The number of piperidine rings is 1. The lowest BCUT2D eigenvalue weighted by Crippen LogP contribution is -2.40. The van der Waals surface area contributed by atoms with Gasteiger partial charge in [-0.1, -0.05) is 0 Å². The number of rotatable bonds is 7. The molecule has 3 heterocycles. The maximum Gasteiger partial charge on any atom is 0.407 e. The first-order chi connectivity index (χ1) is 13.1. The molecule has 1 aliphatic rings. The molecule has 1 fully saturated rings. The fourth-order valence-electron chi connectivity index (χ4n) is 3.32. The quantitative estimate of drug-likeness (QED) is 0.772. The first-order valence-corrected chi connectivity index (χ1v) is 9.25. The molecule has 1 amide bonds. The summed E-state index contributed by atoms with van der Waals surface area (Å²) in [6, 6.07) is 5.98. The maximum atomic E-state index is 11.0. The fraction of sp³-hybridized carbons (Fsp3) is 0.474. The number of likely N-dealkylation sites (tertiary alicyclic amines) is 1. The van der Waals surface area contributed by atoms with Crippen LogP contribution in [0.15, 0.2) is 36.9 Å². The summed E-state index contributed by atoms with van der Waals surface area (Å²) in [5.74, 6) is 2.15. The second-order valence-corrected chi connectivity index (χ2v) is 6.89. The van der Waals surface area contributed by atoms with Crippen LogP contribution in [0.4, 0.5) is 16.4 Å². The van der Waals surface area contributed by atoms with Crippen LogP contribution in [-0.2, 0) is 6.42 Å². The Morgan fingerprint density at radius 2 is 2.04 bits per heavy atom. The lowest BCUT2D eigenvalue weighted by molar-refractivity contribution is 0.125. The SMILES string of the molecule is CN(CC1CCN(C(=O)O)CC1)c1cc(NCCc2ccncc2)ncn1. The van der Waals surface area contributed by atoms with Crippen LogP contribution in [0.2, 0.25) is 0 Å². The third-order valence-electron chi connectivity index (χ3n) is 4.93. The zero-order valence-electron chi connectivity index (χ0n) is 15.6. The molecular weight excluding hydrogens is 344 g/mol. The van der Waals surface area contributed by atoms with Crippen LogP contribution in [0, 0.1) is 5.92 Å². The van der Waals surface area contributed by atoms with Crippen LogP contribution in [-0.4, -0.2) is 64.3 Å². The fourth-order valence-corrected chi connectivity index (χ4v) is 3.32. The number of hydrogen-bond acceptors (Lipinski definition) is 6. The standard InChI is InChI=1S/C19H26N6O2/c1-24(13-16-5-10-25(11-6-16)19(26)27)18-12-17(22-14-23-18)21-9-4-15-2-7-20-8-3-15/h2-3,7-8,12,14,16H,4-6,9-11,13H2,1H3,(H,26,27)(H,21,22,23). The van der Waals surface area contributed by atoms with Gasteiger partial charge >= 0.3 is 6.09 Å². The summed E-state index contributed by atoms with van der Waals surface area (Å²) in [5, 5.41) is 12.4. The van der Waals surface area contributed by atoms with Gasteiger partial charge in [-0.3, -0.25) is 4.98 Å². The van der Waals surface area contributed by atoms with E-state index in [9.17, 15) is 4.79 Å². The van der Waals surface area contributed by atoms with Gasteiger partial charge in [-0.05, 0) is 42.9 Å². The van der Waals surface area contributed by atoms with Gasteiger partial charge in [0.25, 0.3) is 0 Å². The van der Waals surface area contributed by atoms with E-state index in [0.717, 1.165) is 44.0 Å². The Morgan fingerprint density at radius 3 is 2.74 bits per heavy atom. The topological polar surface area (TPSA) is 94.5 Å². The van der Waals surface area contributed by atoms with Gasteiger partial charge in [0.2, 0.25) is 0 Å². The molecular formula is C19H26N6O2. The van der Waals surface area contributed by atoms with Gasteiger partial charge in [0, 0.05) is 51.7 Å². The van der Waals surface area contributed by atoms with Gasteiger partial charge in [-0.25, -0.2) is 14.8 Å². The number of amides is 1. The molecule has 2 aromatic rings. The summed E-state index contributed by atoms with van der Waals surface area (Å²) >= 11 is 0. The van der Waals surface area contributed by atoms with Crippen LogP contribution in [0.25, 0.3) is 0 Å². The van der Waals surface area contributed by atoms with Crippen molar-refractivity contribution in [2.24, 2.45) is 5.92 Å². The molecule has 2 N–H and O–H groups in total. The van der Waals surface area contributed by atoms with Crippen molar-refractivity contribution in [2.75, 3.05) is 43.4 Å². The van der Waals surface area contributed by atoms with Crippen LogP contribution < -0.4 is 10.2 Å². The first-order valence-electron chi connectivity index (χ1n) is 9.25. The van der Waals surface area contributed by atoms with Crippen LogP contribution in [0.1, 0.15) is 18.4 Å². The Bertz CT molecular complexity index is 734. The number of hydrogen-bond donors (Lipinski definition) is 2.